The average molecular weight is 390 g/mol. The highest BCUT2D eigenvalue weighted by atomic mass is 79.9. The zero-order chi connectivity index (χ0) is 16.8. The summed E-state index contributed by atoms with van der Waals surface area (Å²) in [5.74, 6) is -0.875. The topological polar surface area (TPSA) is 66.4 Å². The van der Waals surface area contributed by atoms with Crippen LogP contribution in [0.3, 0.4) is 0 Å². The first-order valence-corrected chi connectivity index (χ1v) is 7.95. The van der Waals surface area contributed by atoms with Gasteiger partial charge in [0.1, 0.15) is 30.0 Å². The summed E-state index contributed by atoms with van der Waals surface area (Å²) >= 11 is 3.13. The third kappa shape index (κ3) is 4.42. The van der Waals surface area contributed by atoms with Crippen LogP contribution in [-0.4, -0.2) is 44.2 Å². The lowest BCUT2D eigenvalue weighted by Crippen LogP contribution is -2.25. The summed E-state index contributed by atoms with van der Waals surface area (Å²) in [7, 11) is 0. The molecule has 0 saturated carbocycles. The summed E-state index contributed by atoms with van der Waals surface area (Å²) in [4.78, 5) is 16.5. The summed E-state index contributed by atoms with van der Waals surface area (Å²) in [6, 6.07) is 2.71. The Kier molecular flexibility index (Phi) is 6.35. The maximum atomic E-state index is 13.8. The predicted molar refractivity (Wildman–Crippen MR) is 84.1 cm³/mol. The van der Waals surface area contributed by atoms with Crippen molar-refractivity contribution >= 4 is 27.6 Å². The fourth-order valence-electron chi connectivity index (χ4n) is 2.05. The van der Waals surface area contributed by atoms with Crippen molar-refractivity contribution in [1.29, 1.82) is 0 Å². The molecule has 1 heterocycles. The van der Waals surface area contributed by atoms with Crippen LogP contribution in [0.1, 0.15) is 19.4 Å². The molecule has 1 unspecified atom stereocenters. The quantitative estimate of drug-likeness (QED) is 0.670. The third-order valence-electron chi connectivity index (χ3n) is 3.01. The fraction of sp³-hybridized carbons (Fsp3) is 0.467. The van der Waals surface area contributed by atoms with Gasteiger partial charge in [-0.25, -0.2) is 9.18 Å². The highest BCUT2D eigenvalue weighted by Gasteiger charge is 2.29. The van der Waals surface area contributed by atoms with Crippen molar-refractivity contribution in [1.82, 2.24) is 0 Å². The molecule has 8 heteroatoms. The lowest BCUT2D eigenvalue weighted by Gasteiger charge is -2.15. The standard InChI is InChI=1S/C15H17BrFNO5/c1-3-20-13-7-23-18-15(13)9-5-10(16)11(17)6-12(9)22-8-14(19)21-4-2/h5-6,13H,3-4,7-8H2,1-2H3. The fourth-order valence-corrected chi connectivity index (χ4v) is 2.39. The SMILES string of the molecule is CCOC(=O)COc1cc(F)c(Br)cc1C1=NOCC1OCC. The second-order valence-electron chi connectivity index (χ2n) is 4.57. The van der Waals surface area contributed by atoms with E-state index in [0.717, 1.165) is 0 Å². The number of ether oxygens (including phenoxy) is 3. The number of esters is 1. The van der Waals surface area contributed by atoms with Crippen LogP contribution in [0.25, 0.3) is 0 Å². The monoisotopic (exact) mass is 389 g/mol. The molecule has 1 aliphatic rings. The minimum atomic E-state index is -0.534. The smallest absolute Gasteiger partial charge is 0.344 e. The van der Waals surface area contributed by atoms with E-state index in [1.165, 1.54) is 12.1 Å². The van der Waals surface area contributed by atoms with Crippen LogP contribution in [0.4, 0.5) is 4.39 Å². The Labute approximate surface area is 141 Å². The van der Waals surface area contributed by atoms with E-state index < -0.39 is 11.8 Å². The number of benzene rings is 1. The van der Waals surface area contributed by atoms with Crippen LogP contribution >= 0.6 is 15.9 Å². The van der Waals surface area contributed by atoms with Gasteiger partial charge in [0.25, 0.3) is 0 Å². The van der Waals surface area contributed by atoms with E-state index in [1.54, 1.807) is 6.92 Å². The molecular weight excluding hydrogens is 373 g/mol. The molecule has 23 heavy (non-hydrogen) atoms. The molecule has 0 fully saturated rings. The van der Waals surface area contributed by atoms with E-state index in [9.17, 15) is 9.18 Å². The zero-order valence-corrected chi connectivity index (χ0v) is 14.4. The van der Waals surface area contributed by atoms with Gasteiger partial charge in [-0.3, -0.25) is 0 Å². The van der Waals surface area contributed by atoms with Crippen LogP contribution in [0, 0.1) is 5.82 Å². The van der Waals surface area contributed by atoms with E-state index in [-0.39, 0.29) is 36.1 Å². The number of halogens is 2. The Morgan fingerprint density at radius 2 is 2.22 bits per heavy atom. The van der Waals surface area contributed by atoms with Gasteiger partial charge in [0, 0.05) is 18.2 Å². The molecule has 1 atom stereocenters. The van der Waals surface area contributed by atoms with E-state index in [0.29, 0.717) is 17.9 Å². The number of hydrogen-bond acceptors (Lipinski definition) is 6. The molecule has 0 spiro atoms. The van der Waals surface area contributed by atoms with Crippen molar-refractivity contribution in [3.05, 3.63) is 28.0 Å². The van der Waals surface area contributed by atoms with Crippen molar-refractivity contribution in [3.63, 3.8) is 0 Å². The number of oxime groups is 1. The van der Waals surface area contributed by atoms with Gasteiger partial charge in [0.05, 0.1) is 11.1 Å². The molecule has 126 valence electrons. The summed E-state index contributed by atoms with van der Waals surface area (Å²) in [6.45, 7) is 4.23. The summed E-state index contributed by atoms with van der Waals surface area (Å²) in [5, 5.41) is 3.95. The summed E-state index contributed by atoms with van der Waals surface area (Å²) < 4.78 is 29.8. The number of rotatable bonds is 7. The van der Waals surface area contributed by atoms with Crippen LogP contribution < -0.4 is 4.74 Å². The lowest BCUT2D eigenvalue weighted by molar-refractivity contribution is -0.145. The molecule has 0 N–H and O–H groups in total. The minimum Gasteiger partial charge on any atom is -0.481 e. The van der Waals surface area contributed by atoms with E-state index >= 15 is 0 Å². The zero-order valence-electron chi connectivity index (χ0n) is 12.8. The van der Waals surface area contributed by atoms with Gasteiger partial charge in [-0.2, -0.15) is 0 Å². The van der Waals surface area contributed by atoms with Crippen molar-refractivity contribution in [2.45, 2.75) is 20.0 Å². The maximum absolute atomic E-state index is 13.8. The minimum absolute atomic E-state index is 0.174. The molecule has 1 aromatic rings. The Balaban J connectivity index is 2.27. The van der Waals surface area contributed by atoms with Crippen LogP contribution in [0.15, 0.2) is 21.8 Å². The number of nitrogens with zero attached hydrogens (tertiary/aromatic N) is 1. The van der Waals surface area contributed by atoms with Gasteiger partial charge < -0.3 is 19.0 Å². The highest BCUT2D eigenvalue weighted by Crippen LogP contribution is 2.30. The van der Waals surface area contributed by atoms with Crippen molar-refractivity contribution in [2.24, 2.45) is 5.16 Å². The Hall–Kier alpha value is -1.67. The van der Waals surface area contributed by atoms with Crippen molar-refractivity contribution in [2.75, 3.05) is 26.4 Å². The van der Waals surface area contributed by atoms with Crippen LogP contribution in [0.5, 0.6) is 5.75 Å². The highest BCUT2D eigenvalue weighted by molar-refractivity contribution is 9.10. The molecule has 0 saturated heterocycles. The molecule has 1 aromatic carbocycles. The summed E-state index contributed by atoms with van der Waals surface area (Å²) in [5.41, 5.74) is 0.991. The number of hydrogen-bond donors (Lipinski definition) is 0. The van der Waals surface area contributed by atoms with Gasteiger partial charge in [-0.15, -0.1) is 0 Å². The van der Waals surface area contributed by atoms with Crippen molar-refractivity contribution in [3.8, 4) is 5.75 Å². The molecule has 1 aliphatic heterocycles. The van der Waals surface area contributed by atoms with Gasteiger partial charge in [0.15, 0.2) is 6.61 Å². The molecule has 0 bridgehead atoms. The number of carbonyl (C=O) groups excluding carboxylic acids is 1. The average Bonchev–Trinajstić information content (AvgIpc) is 2.97. The van der Waals surface area contributed by atoms with E-state index in [4.69, 9.17) is 19.0 Å². The van der Waals surface area contributed by atoms with Crippen LogP contribution in [0.2, 0.25) is 0 Å². The molecule has 0 amide bonds. The van der Waals surface area contributed by atoms with Crippen LogP contribution in [-0.2, 0) is 19.1 Å². The van der Waals surface area contributed by atoms with Gasteiger partial charge in [-0.1, -0.05) is 5.16 Å². The maximum Gasteiger partial charge on any atom is 0.344 e. The summed E-state index contributed by atoms with van der Waals surface area (Å²) in [6.07, 6.45) is -0.373. The first-order chi connectivity index (χ1) is 11.1. The first kappa shape index (κ1) is 17.7. The Morgan fingerprint density at radius 1 is 1.43 bits per heavy atom. The molecule has 0 aliphatic carbocycles. The van der Waals surface area contributed by atoms with Crippen molar-refractivity contribution < 1.29 is 28.2 Å². The number of carbonyl (C=O) groups is 1. The second-order valence-corrected chi connectivity index (χ2v) is 5.43. The van der Waals surface area contributed by atoms with Gasteiger partial charge >= 0.3 is 5.97 Å². The van der Waals surface area contributed by atoms with Gasteiger partial charge in [-0.05, 0) is 35.8 Å². The van der Waals surface area contributed by atoms with E-state index in [2.05, 4.69) is 21.1 Å². The third-order valence-corrected chi connectivity index (χ3v) is 3.62. The molecule has 2 rings (SSSR count). The molecule has 0 aromatic heterocycles. The second kappa shape index (κ2) is 8.26. The molecule has 0 radical (unpaired) electrons. The normalized spacial score (nSPS) is 16.7. The predicted octanol–water partition coefficient (Wildman–Crippen LogP) is 2.67. The first-order valence-electron chi connectivity index (χ1n) is 7.16. The Morgan fingerprint density at radius 3 is 2.91 bits per heavy atom. The Bertz CT molecular complexity index is 608. The molecular formula is C15H17BrFNO5. The van der Waals surface area contributed by atoms with E-state index in [1.807, 2.05) is 6.92 Å². The van der Waals surface area contributed by atoms with Gasteiger partial charge in [0.2, 0.25) is 0 Å². The lowest BCUT2D eigenvalue weighted by atomic mass is 10.0. The molecule has 6 nitrogen and oxygen atoms in total. The largest absolute Gasteiger partial charge is 0.481 e.